The molecule has 0 aromatic carbocycles. The Balaban J connectivity index is 4.47. The smallest absolute Gasteiger partial charge is 0.0279 e. The van der Waals surface area contributed by atoms with Crippen molar-refractivity contribution in [2.24, 2.45) is 0 Å². The Labute approximate surface area is 76.8 Å². The van der Waals surface area contributed by atoms with Gasteiger partial charge in [0.25, 0.3) is 0 Å². The molecule has 0 bridgehead atoms. The standard InChI is InChI=1S/C11H21N/c1-7-9(3)10(4)11(5)12(6)8-2/h7,11H,1,8H2,2-6H3/b10-9-. The highest BCUT2D eigenvalue weighted by molar-refractivity contribution is 5.23. The normalized spacial score (nSPS) is 15.8. The van der Waals surface area contributed by atoms with Crippen LogP contribution in [0.25, 0.3) is 0 Å². The minimum atomic E-state index is 0.521. The van der Waals surface area contributed by atoms with Crippen LogP contribution in [0.1, 0.15) is 27.7 Å². The van der Waals surface area contributed by atoms with Gasteiger partial charge in [0.1, 0.15) is 0 Å². The van der Waals surface area contributed by atoms with Crippen molar-refractivity contribution < 1.29 is 0 Å². The van der Waals surface area contributed by atoms with Crippen LogP contribution in [0, 0.1) is 0 Å². The molecule has 0 N–H and O–H groups in total. The van der Waals surface area contributed by atoms with Gasteiger partial charge in [0.2, 0.25) is 0 Å². The Morgan fingerprint density at radius 2 is 2.00 bits per heavy atom. The molecule has 1 heteroatoms. The summed E-state index contributed by atoms with van der Waals surface area (Å²) >= 11 is 0. The van der Waals surface area contributed by atoms with Crippen molar-refractivity contribution in [1.29, 1.82) is 0 Å². The molecule has 0 heterocycles. The van der Waals surface area contributed by atoms with Gasteiger partial charge in [-0.3, -0.25) is 0 Å². The molecular weight excluding hydrogens is 146 g/mol. The zero-order chi connectivity index (χ0) is 9.72. The lowest BCUT2D eigenvalue weighted by Gasteiger charge is -2.24. The highest BCUT2D eigenvalue weighted by atomic mass is 15.1. The van der Waals surface area contributed by atoms with Crippen LogP contribution in [-0.4, -0.2) is 24.5 Å². The molecular formula is C11H21N. The van der Waals surface area contributed by atoms with Gasteiger partial charge in [0, 0.05) is 6.04 Å². The van der Waals surface area contributed by atoms with E-state index in [1.165, 1.54) is 11.1 Å². The Morgan fingerprint density at radius 3 is 2.33 bits per heavy atom. The Kier molecular flexibility index (Phi) is 4.91. The van der Waals surface area contributed by atoms with E-state index in [0.717, 1.165) is 6.54 Å². The number of hydrogen-bond acceptors (Lipinski definition) is 1. The molecule has 0 aromatic heterocycles. The zero-order valence-corrected chi connectivity index (χ0v) is 9.02. The molecule has 1 atom stereocenters. The van der Waals surface area contributed by atoms with E-state index >= 15 is 0 Å². The number of nitrogens with zero attached hydrogens (tertiary/aromatic N) is 1. The van der Waals surface area contributed by atoms with E-state index in [4.69, 9.17) is 0 Å². The molecule has 0 aliphatic heterocycles. The zero-order valence-electron chi connectivity index (χ0n) is 9.02. The molecule has 0 rings (SSSR count). The predicted octanol–water partition coefficient (Wildman–Crippen LogP) is 2.85. The van der Waals surface area contributed by atoms with Gasteiger partial charge in [-0.2, -0.15) is 0 Å². The van der Waals surface area contributed by atoms with Gasteiger partial charge in [0.05, 0.1) is 0 Å². The summed E-state index contributed by atoms with van der Waals surface area (Å²) in [6.45, 7) is 13.5. The van der Waals surface area contributed by atoms with Crippen LogP contribution in [0.3, 0.4) is 0 Å². The lowest BCUT2D eigenvalue weighted by atomic mass is 10.0. The average Bonchev–Trinajstić information content (AvgIpc) is 2.12. The quantitative estimate of drug-likeness (QED) is 0.582. The van der Waals surface area contributed by atoms with Crippen LogP contribution < -0.4 is 0 Å². The van der Waals surface area contributed by atoms with Gasteiger partial charge in [0.15, 0.2) is 0 Å². The summed E-state index contributed by atoms with van der Waals surface area (Å²) in [6.07, 6.45) is 1.93. The van der Waals surface area contributed by atoms with E-state index in [1.807, 2.05) is 6.08 Å². The summed E-state index contributed by atoms with van der Waals surface area (Å²) < 4.78 is 0. The summed E-state index contributed by atoms with van der Waals surface area (Å²) in [6, 6.07) is 0.521. The molecule has 0 saturated carbocycles. The summed E-state index contributed by atoms with van der Waals surface area (Å²) in [5, 5.41) is 0. The van der Waals surface area contributed by atoms with Gasteiger partial charge >= 0.3 is 0 Å². The first-order chi connectivity index (χ1) is 5.54. The molecule has 0 aliphatic carbocycles. The second-order valence-electron chi connectivity index (χ2n) is 3.32. The second kappa shape index (κ2) is 5.15. The van der Waals surface area contributed by atoms with Crippen molar-refractivity contribution in [3.63, 3.8) is 0 Å². The first-order valence-corrected chi connectivity index (χ1v) is 4.54. The second-order valence-corrected chi connectivity index (χ2v) is 3.32. The van der Waals surface area contributed by atoms with E-state index in [1.54, 1.807) is 0 Å². The van der Waals surface area contributed by atoms with Gasteiger partial charge in [-0.05, 0) is 34.4 Å². The maximum Gasteiger partial charge on any atom is 0.0279 e. The maximum absolute atomic E-state index is 3.77. The fourth-order valence-electron chi connectivity index (χ4n) is 1.09. The Morgan fingerprint density at radius 1 is 1.50 bits per heavy atom. The number of hydrogen-bond donors (Lipinski definition) is 0. The number of likely N-dealkylation sites (N-methyl/N-ethyl adjacent to an activating group) is 1. The molecule has 0 aliphatic rings. The predicted molar refractivity (Wildman–Crippen MR) is 56.3 cm³/mol. The SMILES string of the molecule is C=C/C(C)=C(/C)C(C)N(C)CC. The van der Waals surface area contributed by atoms with E-state index in [2.05, 4.69) is 46.2 Å². The van der Waals surface area contributed by atoms with E-state index in [0.29, 0.717) is 6.04 Å². The van der Waals surface area contributed by atoms with Crippen LogP contribution in [0.4, 0.5) is 0 Å². The van der Waals surface area contributed by atoms with Gasteiger partial charge in [-0.25, -0.2) is 0 Å². The molecule has 70 valence electrons. The fourth-order valence-corrected chi connectivity index (χ4v) is 1.09. The highest BCUT2D eigenvalue weighted by Gasteiger charge is 2.09. The van der Waals surface area contributed by atoms with Crippen LogP contribution in [0.5, 0.6) is 0 Å². The molecule has 1 nitrogen and oxygen atoms in total. The van der Waals surface area contributed by atoms with Crippen LogP contribution in [0.15, 0.2) is 23.8 Å². The van der Waals surface area contributed by atoms with Crippen molar-refractivity contribution in [2.45, 2.75) is 33.7 Å². The molecule has 0 amide bonds. The molecule has 0 radical (unpaired) electrons. The minimum absolute atomic E-state index is 0.521. The van der Waals surface area contributed by atoms with Gasteiger partial charge in [-0.1, -0.05) is 30.7 Å². The lowest BCUT2D eigenvalue weighted by molar-refractivity contribution is 0.301. The molecule has 0 saturated heterocycles. The van der Waals surface area contributed by atoms with E-state index < -0.39 is 0 Å². The first-order valence-electron chi connectivity index (χ1n) is 4.54. The van der Waals surface area contributed by atoms with Crippen molar-refractivity contribution in [3.8, 4) is 0 Å². The van der Waals surface area contributed by atoms with Crippen molar-refractivity contribution >= 4 is 0 Å². The third kappa shape index (κ3) is 2.82. The van der Waals surface area contributed by atoms with E-state index in [9.17, 15) is 0 Å². The highest BCUT2D eigenvalue weighted by Crippen LogP contribution is 2.13. The summed E-state index contributed by atoms with van der Waals surface area (Å²) in [7, 11) is 2.14. The first kappa shape index (κ1) is 11.4. The van der Waals surface area contributed by atoms with Gasteiger partial charge < -0.3 is 4.90 Å². The lowest BCUT2D eigenvalue weighted by Crippen LogP contribution is -2.30. The topological polar surface area (TPSA) is 3.24 Å². The van der Waals surface area contributed by atoms with Crippen molar-refractivity contribution in [1.82, 2.24) is 4.90 Å². The summed E-state index contributed by atoms with van der Waals surface area (Å²) in [5.41, 5.74) is 2.71. The Bertz CT molecular complexity index is 179. The molecule has 0 aromatic rings. The third-order valence-corrected chi connectivity index (χ3v) is 2.71. The average molecular weight is 167 g/mol. The fraction of sp³-hybridized carbons (Fsp3) is 0.636. The molecule has 0 fully saturated rings. The maximum atomic E-state index is 3.77. The summed E-state index contributed by atoms with van der Waals surface area (Å²) in [5.74, 6) is 0. The molecule has 0 spiro atoms. The van der Waals surface area contributed by atoms with Gasteiger partial charge in [-0.15, -0.1) is 0 Å². The van der Waals surface area contributed by atoms with Crippen molar-refractivity contribution in [2.75, 3.05) is 13.6 Å². The largest absolute Gasteiger partial charge is 0.300 e. The minimum Gasteiger partial charge on any atom is -0.300 e. The Hall–Kier alpha value is -0.560. The third-order valence-electron chi connectivity index (χ3n) is 2.71. The molecule has 1 unspecified atom stereocenters. The number of allylic oxidation sites excluding steroid dienone is 2. The monoisotopic (exact) mass is 167 g/mol. The summed E-state index contributed by atoms with van der Waals surface area (Å²) in [4.78, 5) is 2.32. The molecule has 12 heavy (non-hydrogen) atoms. The van der Waals surface area contributed by atoms with Crippen molar-refractivity contribution in [3.05, 3.63) is 23.8 Å². The van der Waals surface area contributed by atoms with Crippen LogP contribution >= 0.6 is 0 Å². The van der Waals surface area contributed by atoms with Crippen LogP contribution in [-0.2, 0) is 0 Å². The van der Waals surface area contributed by atoms with E-state index in [-0.39, 0.29) is 0 Å². The van der Waals surface area contributed by atoms with Crippen LogP contribution in [0.2, 0.25) is 0 Å². The number of rotatable bonds is 4.